The molecule has 0 fully saturated rings. The second-order valence-corrected chi connectivity index (χ2v) is 5.88. The lowest BCUT2D eigenvalue weighted by Gasteiger charge is -2.21. The highest BCUT2D eigenvalue weighted by molar-refractivity contribution is 6.31. The number of carbonyl (C=O) groups is 2. The van der Waals surface area contributed by atoms with E-state index in [1.807, 2.05) is 0 Å². The zero-order valence-electron chi connectivity index (χ0n) is 14.9. The number of hydrogen-bond acceptors (Lipinski definition) is 4. The molecule has 2 rings (SSSR count). The van der Waals surface area contributed by atoms with Crippen molar-refractivity contribution in [1.29, 1.82) is 0 Å². The first-order valence-electron chi connectivity index (χ1n) is 8.05. The highest BCUT2D eigenvalue weighted by Crippen LogP contribution is 2.24. The molecule has 0 aliphatic carbocycles. The largest absolute Gasteiger partial charge is 0.497 e. The van der Waals surface area contributed by atoms with Gasteiger partial charge < -0.3 is 19.7 Å². The monoisotopic (exact) mass is 376 g/mol. The molecular formula is C19H21ClN2O4. The van der Waals surface area contributed by atoms with E-state index in [2.05, 4.69) is 5.32 Å². The molecule has 6 nitrogen and oxygen atoms in total. The quantitative estimate of drug-likeness (QED) is 0.803. The molecule has 0 spiro atoms. The molecule has 1 N–H and O–H groups in total. The van der Waals surface area contributed by atoms with Crippen molar-refractivity contribution in [1.82, 2.24) is 4.90 Å². The van der Waals surface area contributed by atoms with Crippen LogP contribution in [0.4, 0.5) is 5.69 Å². The third-order valence-corrected chi connectivity index (χ3v) is 3.98. The van der Waals surface area contributed by atoms with E-state index in [1.54, 1.807) is 50.4 Å². The average molecular weight is 377 g/mol. The van der Waals surface area contributed by atoms with Gasteiger partial charge in [0.1, 0.15) is 18.0 Å². The van der Waals surface area contributed by atoms with Crippen molar-refractivity contribution in [3.8, 4) is 11.5 Å². The van der Waals surface area contributed by atoms with Gasteiger partial charge in [-0.25, -0.2) is 0 Å². The van der Waals surface area contributed by atoms with Crippen molar-refractivity contribution in [3.05, 3.63) is 53.1 Å². The van der Waals surface area contributed by atoms with Crippen LogP contribution in [0.15, 0.2) is 42.5 Å². The van der Waals surface area contributed by atoms with Crippen molar-refractivity contribution < 1.29 is 19.1 Å². The van der Waals surface area contributed by atoms with Gasteiger partial charge in [-0.2, -0.15) is 0 Å². The summed E-state index contributed by atoms with van der Waals surface area (Å²) < 4.78 is 10.4. The highest BCUT2D eigenvalue weighted by atomic mass is 35.5. The molecule has 0 aliphatic heterocycles. The third-order valence-electron chi connectivity index (χ3n) is 3.75. The number of ether oxygens (including phenoxy) is 2. The van der Waals surface area contributed by atoms with Crippen LogP contribution in [0.25, 0.3) is 0 Å². The molecule has 0 saturated heterocycles. The fraction of sp³-hybridized carbons (Fsp3) is 0.263. The topological polar surface area (TPSA) is 67.9 Å². The van der Waals surface area contributed by atoms with Crippen LogP contribution >= 0.6 is 11.6 Å². The molecule has 7 heteroatoms. The van der Waals surface area contributed by atoms with Crippen LogP contribution in [0.2, 0.25) is 5.02 Å². The molecule has 0 bridgehead atoms. The Balaban J connectivity index is 2.11. The second kappa shape index (κ2) is 9.10. The second-order valence-electron chi connectivity index (χ2n) is 5.44. The van der Waals surface area contributed by atoms with Gasteiger partial charge in [0.15, 0.2) is 0 Å². The average Bonchev–Trinajstić information content (AvgIpc) is 2.65. The summed E-state index contributed by atoms with van der Waals surface area (Å²) in [6, 6.07) is 11.8. The number of amides is 2. The molecule has 26 heavy (non-hydrogen) atoms. The minimum atomic E-state index is -0.326. The Morgan fingerprint density at radius 1 is 1.12 bits per heavy atom. The third kappa shape index (κ3) is 4.89. The van der Waals surface area contributed by atoms with Gasteiger partial charge in [-0.3, -0.25) is 9.59 Å². The number of benzene rings is 2. The van der Waals surface area contributed by atoms with Gasteiger partial charge >= 0.3 is 0 Å². The Morgan fingerprint density at radius 2 is 1.88 bits per heavy atom. The summed E-state index contributed by atoms with van der Waals surface area (Å²) in [6.45, 7) is 2.07. The van der Waals surface area contributed by atoms with Gasteiger partial charge in [-0.15, -0.1) is 0 Å². The van der Waals surface area contributed by atoms with Crippen molar-refractivity contribution in [3.63, 3.8) is 0 Å². The number of halogens is 1. The van der Waals surface area contributed by atoms with Crippen LogP contribution < -0.4 is 14.8 Å². The molecule has 0 saturated carbocycles. The van der Waals surface area contributed by atoms with Crippen LogP contribution in [-0.4, -0.2) is 44.0 Å². The molecule has 0 unspecified atom stereocenters. The number of carbonyl (C=O) groups excluding carboxylic acids is 2. The Labute approximate surface area is 157 Å². The number of nitrogens with one attached hydrogen (secondary N) is 1. The summed E-state index contributed by atoms with van der Waals surface area (Å²) in [5, 5.41) is 3.18. The normalized spacial score (nSPS) is 10.2. The fourth-order valence-corrected chi connectivity index (χ4v) is 2.59. The predicted octanol–water partition coefficient (Wildman–Crippen LogP) is 3.46. The molecule has 0 heterocycles. The predicted molar refractivity (Wildman–Crippen MR) is 101 cm³/mol. The summed E-state index contributed by atoms with van der Waals surface area (Å²) in [5.41, 5.74) is 0.911. The zero-order chi connectivity index (χ0) is 19.1. The minimum absolute atomic E-state index is 0.0950. The highest BCUT2D eigenvalue weighted by Gasteiger charge is 2.21. The van der Waals surface area contributed by atoms with Gasteiger partial charge in [-0.1, -0.05) is 17.7 Å². The summed E-state index contributed by atoms with van der Waals surface area (Å²) in [4.78, 5) is 26.5. The van der Waals surface area contributed by atoms with E-state index in [0.29, 0.717) is 34.3 Å². The molecule has 138 valence electrons. The number of rotatable bonds is 7. The number of nitrogens with zero attached hydrogens (tertiary/aromatic N) is 1. The van der Waals surface area contributed by atoms with Gasteiger partial charge in [0.25, 0.3) is 5.91 Å². The molecule has 2 amide bonds. The maximum atomic E-state index is 12.8. The van der Waals surface area contributed by atoms with Crippen LogP contribution in [0.3, 0.4) is 0 Å². The standard InChI is InChI=1S/C19H21ClN2O4/c1-4-22(19(24)16-10-13(20)8-9-17(16)26-3)12-18(23)21-14-6-5-7-15(11-14)25-2/h5-11H,4,12H2,1-3H3,(H,21,23). The Bertz CT molecular complexity index is 795. The van der Waals surface area contributed by atoms with E-state index in [0.717, 1.165) is 0 Å². The van der Waals surface area contributed by atoms with Gasteiger partial charge in [0.2, 0.25) is 5.91 Å². The van der Waals surface area contributed by atoms with Crippen molar-refractivity contribution >= 4 is 29.1 Å². The molecule has 0 atom stereocenters. The van der Waals surface area contributed by atoms with Crippen LogP contribution in [-0.2, 0) is 4.79 Å². The lowest BCUT2D eigenvalue weighted by Crippen LogP contribution is -2.38. The van der Waals surface area contributed by atoms with E-state index >= 15 is 0 Å². The van der Waals surface area contributed by atoms with Gasteiger partial charge in [0.05, 0.1) is 19.8 Å². The van der Waals surface area contributed by atoms with Crippen molar-refractivity contribution in [2.45, 2.75) is 6.92 Å². The van der Waals surface area contributed by atoms with Crippen LogP contribution in [0.5, 0.6) is 11.5 Å². The Kier molecular flexibility index (Phi) is 6.86. The molecule has 0 aliphatic rings. The lowest BCUT2D eigenvalue weighted by atomic mass is 10.1. The molecular weight excluding hydrogens is 356 g/mol. The number of likely N-dealkylation sites (N-methyl/N-ethyl adjacent to an activating group) is 1. The summed E-state index contributed by atoms with van der Waals surface area (Å²) >= 11 is 5.99. The number of anilines is 1. The van der Waals surface area contributed by atoms with Gasteiger partial charge in [-0.05, 0) is 37.3 Å². The minimum Gasteiger partial charge on any atom is -0.497 e. The van der Waals surface area contributed by atoms with Gasteiger partial charge in [0, 0.05) is 23.3 Å². The summed E-state index contributed by atoms with van der Waals surface area (Å²) in [7, 11) is 3.03. The SMILES string of the molecule is CCN(CC(=O)Nc1cccc(OC)c1)C(=O)c1cc(Cl)ccc1OC. The first-order chi connectivity index (χ1) is 12.5. The maximum Gasteiger partial charge on any atom is 0.258 e. The fourth-order valence-electron chi connectivity index (χ4n) is 2.42. The zero-order valence-corrected chi connectivity index (χ0v) is 15.7. The maximum absolute atomic E-state index is 12.8. The van der Waals surface area contributed by atoms with Crippen molar-refractivity contribution in [2.75, 3.05) is 32.6 Å². The number of hydrogen-bond donors (Lipinski definition) is 1. The molecule has 0 radical (unpaired) electrons. The van der Waals surface area contributed by atoms with E-state index in [-0.39, 0.29) is 18.4 Å². The van der Waals surface area contributed by atoms with E-state index in [9.17, 15) is 9.59 Å². The van der Waals surface area contributed by atoms with Crippen LogP contribution in [0.1, 0.15) is 17.3 Å². The summed E-state index contributed by atoms with van der Waals surface area (Å²) in [6.07, 6.45) is 0. The number of methoxy groups -OCH3 is 2. The first kappa shape index (κ1) is 19.6. The molecule has 2 aromatic rings. The van der Waals surface area contributed by atoms with E-state index in [1.165, 1.54) is 18.1 Å². The smallest absolute Gasteiger partial charge is 0.258 e. The van der Waals surface area contributed by atoms with E-state index in [4.69, 9.17) is 21.1 Å². The Morgan fingerprint density at radius 3 is 2.54 bits per heavy atom. The van der Waals surface area contributed by atoms with E-state index < -0.39 is 0 Å². The molecule has 0 aromatic heterocycles. The first-order valence-corrected chi connectivity index (χ1v) is 8.43. The Hall–Kier alpha value is -2.73. The van der Waals surface area contributed by atoms with Crippen LogP contribution in [0, 0.1) is 0 Å². The molecule has 2 aromatic carbocycles. The summed E-state index contributed by atoms with van der Waals surface area (Å²) in [5.74, 6) is 0.406. The van der Waals surface area contributed by atoms with Crippen molar-refractivity contribution in [2.24, 2.45) is 0 Å². The lowest BCUT2D eigenvalue weighted by molar-refractivity contribution is -0.116.